The number of pyridine rings is 1. The molecule has 0 spiro atoms. The molecule has 2 saturated heterocycles. The molecule has 0 amide bonds. The van der Waals surface area contributed by atoms with Crippen molar-refractivity contribution < 1.29 is 14.6 Å². The quantitative estimate of drug-likeness (QED) is 0.540. The van der Waals surface area contributed by atoms with Crippen molar-refractivity contribution in [2.75, 3.05) is 31.1 Å². The van der Waals surface area contributed by atoms with Crippen molar-refractivity contribution >= 4 is 22.7 Å². The number of carbonyl (C=O) groups excluding carboxylic acids is 1. The molecule has 2 unspecified atom stereocenters. The predicted octanol–water partition coefficient (Wildman–Crippen LogP) is 3.69. The number of anilines is 1. The Balaban J connectivity index is 1.34. The van der Waals surface area contributed by atoms with Crippen LogP contribution in [-0.2, 0) is 11.3 Å². The minimum atomic E-state index is -0.668. The number of benzene rings is 1. The van der Waals surface area contributed by atoms with Gasteiger partial charge in [0.25, 0.3) is 0 Å². The van der Waals surface area contributed by atoms with Crippen molar-refractivity contribution in [3.63, 3.8) is 0 Å². The van der Waals surface area contributed by atoms with Gasteiger partial charge < -0.3 is 19.3 Å². The molecule has 2 atom stereocenters. The van der Waals surface area contributed by atoms with Gasteiger partial charge in [-0.05, 0) is 63.4 Å². The number of ether oxygens (including phenoxy) is 1. The molecule has 0 radical (unpaired) electrons. The summed E-state index contributed by atoms with van der Waals surface area (Å²) in [6, 6.07) is 12.8. The predicted molar refractivity (Wildman–Crippen MR) is 133 cm³/mol. The first-order valence-electron chi connectivity index (χ1n) is 12.3. The lowest BCUT2D eigenvalue weighted by molar-refractivity contribution is 0.0139. The van der Waals surface area contributed by atoms with Crippen LogP contribution in [0.4, 0.5) is 5.69 Å². The number of hydrogen-bond acceptors (Lipinski definition) is 6. The highest BCUT2D eigenvalue weighted by molar-refractivity contribution is 5.91. The van der Waals surface area contributed by atoms with Crippen molar-refractivity contribution in [2.45, 2.75) is 57.8 Å². The number of esters is 1. The second-order valence-corrected chi connectivity index (χ2v) is 10.2. The third kappa shape index (κ3) is 4.55. The summed E-state index contributed by atoms with van der Waals surface area (Å²) in [5.41, 5.74) is 3.22. The van der Waals surface area contributed by atoms with Gasteiger partial charge in [0.15, 0.2) is 0 Å². The van der Waals surface area contributed by atoms with Crippen LogP contribution >= 0.6 is 0 Å². The lowest BCUT2D eigenvalue weighted by atomic mass is 10.1. The first-order chi connectivity index (χ1) is 16.3. The summed E-state index contributed by atoms with van der Waals surface area (Å²) in [5.74, 6) is -0.289. The summed E-state index contributed by atoms with van der Waals surface area (Å²) in [6.07, 6.45) is 6.38. The molecule has 0 aliphatic carbocycles. The molecule has 180 valence electrons. The molecule has 7 nitrogen and oxygen atoms in total. The molecule has 2 aliphatic heterocycles. The van der Waals surface area contributed by atoms with E-state index in [1.165, 1.54) is 23.9 Å². The zero-order valence-electron chi connectivity index (χ0n) is 20.3. The van der Waals surface area contributed by atoms with Crippen molar-refractivity contribution in [3.05, 3.63) is 59.9 Å². The van der Waals surface area contributed by atoms with E-state index in [0.29, 0.717) is 30.8 Å². The standard InChI is InChI=1S/C27H34N4O3/c1-4-34-26(32)20-7-5-19(6-8-20)15-29-14-12-23-24(11-13-28-25(23)29)30-16-21-9-10-22(17-30)31(21)18-27(2,3)33/h5-8,11-14,21-22,33H,4,9-10,15-18H2,1-3H3. The molecule has 2 aromatic heterocycles. The molecule has 7 heteroatoms. The second kappa shape index (κ2) is 9.04. The van der Waals surface area contributed by atoms with Crippen LogP contribution in [0.5, 0.6) is 0 Å². The van der Waals surface area contributed by atoms with E-state index in [2.05, 4.69) is 32.7 Å². The number of nitrogens with zero attached hydrogens (tertiary/aromatic N) is 4. The number of aromatic nitrogens is 2. The van der Waals surface area contributed by atoms with Gasteiger partial charge >= 0.3 is 5.97 Å². The number of hydrogen-bond donors (Lipinski definition) is 1. The molecule has 4 heterocycles. The monoisotopic (exact) mass is 462 g/mol. The van der Waals surface area contributed by atoms with E-state index in [9.17, 15) is 9.90 Å². The van der Waals surface area contributed by atoms with Crippen molar-refractivity contribution in [1.82, 2.24) is 14.5 Å². The minimum absolute atomic E-state index is 0.289. The normalized spacial score (nSPS) is 20.8. The zero-order valence-corrected chi connectivity index (χ0v) is 20.3. The first-order valence-corrected chi connectivity index (χ1v) is 12.3. The van der Waals surface area contributed by atoms with Gasteiger partial charge in [-0.3, -0.25) is 4.90 Å². The fraction of sp³-hybridized carbons (Fsp3) is 0.481. The third-order valence-corrected chi connectivity index (χ3v) is 7.00. The summed E-state index contributed by atoms with van der Waals surface area (Å²) < 4.78 is 7.24. The SMILES string of the molecule is CCOC(=O)c1ccc(Cn2ccc3c(N4CC5CCC(C4)N5CC(C)(C)O)ccnc32)cc1. The number of carbonyl (C=O) groups is 1. The molecule has 1 N–H and O–H groups in total. The Kier molecular flexibility index (Phi) is 6.08. The van der Waals surface area contributed by atoms with E-state index in [1.54, 1.807) is 0 Å². The van der Waals surface area contributed by atoms with E-state index in [-0.39, 0.29) is 5.97 Å². The van der Waals surface area contributed by atoms with Crippen LogP contribution in [0.2, 0.25) is 0 Å². The maximum atomic E-state index is 11.9. The fourth-order valence-corrected chi connectivity index (χ4v) is 5.53. The molecule has 2 aliphatic rings. The molecule has 0 saturated carbocycles. The average Bonchev–Trinajstić information content (AvgIpc) is 3.29. The molecule has 2 fully saturated rings. The van der Waals surface area contributed by atoms with Gasteiger partial charge in [-0.15, -0.1) is 0 Å². The largest absolute Gasteiger partial charge is 0.462 e. The molecule has 2 bridgehead atoms. The topological polar surface area (TPSA) is 70.8 Å². The van der Waals surface area contributed by atoms with Crippen LogP contribution in [0.15, 0.2) is 48.8 Å². The van der Waals surface area contributed by atoms with Gasteiger partial charge in [-0.2, -0.15) is 0 Å². The van der Waals surface area contributed by atoms with Crippen LogP contribution in [0.25, 0.3) is 11.0 Å². The Morgan fingerprint density at radius 1 is 1.12 bits per heavy atom. The Hall–Kier alpha value is -2.90. The number of fused-ring (bicyclic) bond motifs is 3. The van der Waals surface area contributed by atoms with E-state index < -0.39 is 5.60 Å². The van der Waals surface area contributed by atoms with E-state index in [4.69, 9.17) is 9.72 Å². The fourth-order valence-electron chi connectivity index (χ4n) is 5.53. The highest BCUT2D eigenvalue weighted by Crippen LogP contribution is 2.36. The Morgan fingerprint density at radius 3 is 2.47 bits per heavy atom. The van der Waals surface area contributed by atoms with Crippen LogP contribution in [0, 0.1) is 0 Å². The summed E-state index contributed by atoms with van der Waals surface area (Å²) in [4.78, 5) is 21.6. The Morgan fingerprint density at radius 2 is 1.82 bits per heavy atom. The minimum Gasteiger partial charge on any atom is -0.462 e. The van der Waals surface area contributed by atoms with Gasteiger partial charge in [0, 0.05) is 61.7 Å². The maximum Gasteiger partial charge on any atom is 0.338 e. The average molecular weight is 463 g/mol. The van der Waals surface area contributed by atoms with Crippen molar-refractivity contribution in [2.24, 2.45) is 0 Å². The van der Waals surface area contributed by atoms with Crippen LogP contribution in [0.3, 0.4) is 0 Å². The van der Waals surface area contributed by atoms with Crippen LogP contribution in [-0.4, -0.2) is 69.5 Å². The molecular formula is C27H34N4O3. The smallest absolute Gasteiger partial charge is 0.338 e. The highest BCUT2D eigenvalue weighted by atomic mass is 16.5. The molecular weight excluding hydrogens is 428 g/mol. The second-order valence-electron chi connectivity index (χ2n) is 10.2. The zero-order chi connectivity index (χ0) is 23.9. The molecule has 1 aromatic carbocycles. The first kappa shape index (κ1) is 22.9. The third-order valence-electron chi connectivity index (χ3n) is 7.00. The maximum absolute atomic E-state index is 11.9. The number of aliphatic hydroxyl groups is 1. The van der Waals surface area contributed by atoms with Crippen molar-refractivity contribution in [3.8, 4) is 0 Å². The van der Waals surface area contributed by atoms with Gasteiger partial charge in [-0.1, -0.05) is 12.1 Å². The van der Waals surface area contributed by atoms with Crippen molar-refractivity contribution in [1.29, 1.82) is 0 Å². The lowest BCUT2D eigenvalue weighted by Crippen LogP contribution is -2.57. The van der Waals surface area contributed by atoms with E-state index in [0.717, 1.165) is 30.8 Å². The summed E-state index contributed by atoms with van der Waals surface area (Å²) in [7, 11) is 0. The lowest BCUT2D eigenvalue weighted by Gasteiger charge is -2.44. The Labute approximate surface area is 200 Å². The van der Waals surface area contributed by atoms with E-state index >= 15 is 0 Å². The van der Waals surface area contributed by atoms with Gasteiger partial charge in [0.2, 0.25) is 0 Å². The van der Waals surface area contributed by atoms with E-state index in [1.807, 2.05) is 51.2 Å². The van der Waals surface area contributed by atoms with Gasteiger partial charge in [0.05, 0.1) is 17.8 Å². The number of rotatable bonds is 7. The molecule has 5 rings (SSSR count). The molecule has 34 heavy (non-hydrogen) atoms. The van der Waals surface area contributed by atoms with Crippen LogP contribution in [0.1, 0.15) is 49.5 Å². The van der Waals surface area contributed by atoms with Crippen LogP contribution < -0.4 is 4.90 Å². The Bertz CT molecular complexity index is 1150. The summed E-state index contributed by atoms with van der Waals surface area (Å²) >= 11 is 0. The van der Waals surface area contributed by atoms with Gasteiger partial charge in [-0.25, -0.2) is 9.78 Å². The van der Waals surface area contributed by atoms with Gasteiger partial charge in [0.1, 0.15) is 5.65 Å². The highest BCUT2D eigenvalue weighted by Gasteiger charge is 2.41. The molecule has 3 aromatic rings. The number of piperazine rings is 1. The summed E-state index contributed by atoms with van der Waals surface area (Å²) in [5, 5.41) is 11.5. The summed E-state index contributed by atoms with van der Waals surface area (Å²) in [6.45, 7) is 9.36.